The first-order chi connectivity index (χ1) is 20.4. The van der Waals surface area contributed by atoms with Crippen LogP contribution in [0.4, 0.5) is 29.3 Å². The van der Waals surface area contributed by atoms with Gasteiger partial charge in [0, 0.05) is 53.5 Å². The second-order valence-corrected chi connectivity index (χ2v) is 13.3. The molecule has 0 saturated carbocycles. The monoisotopic (exact) mass is 616 g/mol. The molecule has 1 aromatic heterocycles. The first-order valence-electron chi connectivity index (χ1n) is 15.1. The number of alkyl halides is 3. The zero-order chi connectivity index (χ0) is 31.0. The highest BCUT2D eigenvalue weighted by Crippen LogP contribution is 2.34. The summed E-state index contributed by atoms with van der Waals surface area (Å²) < 4.78 is 44.4. The van der Waals surface area contributed by atoms with Crippen molar-refractivity contribution in [2.45, 2.75) is 88.9 Å². The quantitative estimate of drug-likeness (QED) is 0.166. The predicted octanol–water partition coefficient (Wildman–Crippen LogP) is 8.82. The zero-order valence-electron chi connectivity index (χ0n) is 25.5. The van der Waals surface area contributed by atoms with E-state index in [4.69, 9.17) is 4.74 Å². The molecule has 2 heterocycles. The molecule has 0 atom stereocenters. The van der Waals surface area contributed by atoms with Crippen LogP contribution in [0.3, 0.4) is 0 Å². The minimum atomic E-state index is -4.36. The number of nitrogens with one attached hydrogen (secondary N) is 2. The first-order valence-corrected chi connectivity index (χ1v) is 16.1. The number of nitrogens with zero attached hydrogens (tertiary/aromatic N) is 2. The summed E-state index contributed by atoms with van der Waals surface area (Å²) in [4.78, 5) is 19.6. The number of aryl methyl sites for hydroxylation is 1. The number of fused-ring (bicyclic) bond motifs is 1. The van der Waals surface area contributed by atoms with Gasteiger partial charge in [0.05, 0.1) is 11.1 Å². The number of hydrogen-bond donors (Lipinski definition) is 2. The molecule has 0 bridgehead atoms. The average molecular weight is 617 g/mol. The van der Waals surface area contributed by atoms with Crippen molar-refractivity contribution in [1.29, 1.82) is 0 Å². The lowest BCUT2D eigenvalue weighted by molar-refractivity contribution is -0.137. The van der Waals surface area contributed by atoms with Crippen LogP contribution in [0.1, 0.15) is 70.4 Å². The summed E-state index contributed by atoms with van der Waals surface area (Å²) in [5, 5.41) is 7.31. The van der Waals surface area contributed by atoms with Crippen LogP contribution in [0, 0.1) is 6.92 Å². The Kier molecular flexibility index (Phi) is 11.1. The van der Waals surface area contributed by atoms with Crippen LogP contribution >= 0.6 is 11.8 Å². The molecule has 6 nitrogen and oxygen atoms in total. The van der Waals surface area contributed by atoms with Gasteiger partial charge in [-0.3, -0.25) is 4.98 Å². The summed E-state index contributed by atoms with van der Waals surface area (Å²) >= 11 is 1.68. The van der Waals surface area contributed by atoms with Crippen LogP contribution in [-0.2, 0) is 10.9 Å². The van der Waals surface area contributed by atoms with Crippen molar-refractivity contribution in [3.05, 3.63) is 59.8 Å². The van der Waals surface area contributed by atoms with Crippen molar-refractivity contribution in [2.75, 3.05) is 35.6 Å². The van der Waals surface area contributed by atoms with Crippen LogP contribution < -0.4 is 15.5 Å². The Bertz CT molecular complexity index is 1370. The third kappa shape index (κ3) is 9.95. The van der Waals surface area contributed by atoms with Crippen LogP contribution in [0.15, 0.2) is 53.6 Å². The SMILES string of the molecule is Cc1cc(NCCCCCCSc2ccnc3cc(C(F)(F)F)ccc23)ccc1N1CCC(NC(=O)OC(C)(C)C)CC1. The van der Waals surface area contributed by atoms with E-state index in [0.717, 1.165) is 92.0 Å². The number of amides is 1. The molecule has 1 fully saturated rings. The average Bonchev–Trinajstić information content (AvgIpc) is 2.93. The van der Waals surface area contributed by atoms with Crippen LogP contribution in [0.2, 0.25) is 0 Å². The van der Waals surface area contributed by atoms with E-state index in [2.05, 4.69) is 45.6 Å². The number of ether oxygens (including phenoxy) is 1. The minimum absolute atomic E-state index is 0.136. The number of anilines is 2. The number of benzene rings is 2. The lowest BCUT2D eigenvalue weighted by Crippen LogP contribution is -2.46. The molecule has 3 aromatic rings. The number of thioether (sulfide) groups is 1. The fourth-order valence-corrected chi connectivity index (χ4v) is 6.33. The van der Waals surface area contributed by atoms with Crippen molar-refractivity contribution in [2.24, 2.45) is 0 Å². The number of unbranched alkanes of at least 4 members (excludes halogenated alkanes) is 3. The third-order valence-electron chi connectivity index (χ3n) is 7.44. The molecule has 234 valence electrons. The van der Waals surface area contributed by atoms with Gasteiger partial charge in [-0.05, 0) is 101 Å². The lowest BCUT2D eigenvalue weighted by Gasteiger charge is -2.35. The largest absolute Gasteiger partial charge is 0.444 e. The smallest absolute Gasteiger partial charge is 0.416 e. The van der Waals surface area contributed by atoms with Gasteiger partial charge in [-0.15, -0.1) is 11.8 Å². The van der Waals surface area contributed by atoms with Crippen LogP contribution in [0.5, 0.6) is 0 Å². The second-order valence-electron chi connectivity index (χ2n) is 12.1. The molecule has 2 N–H and O–H groups in total. The molecule has 1 aliphatic heterocycles. The van der Waals surface area contributed by atoms with E-state index >= 15 is 0 Å². The highest BCUT2D eigenvalue weighted by Gasteiger charge is 2.30. The van der Waals surface area contributed by atoms with Gasteiger partial charge >= 0.3 is 12.3 Å². The first kappa shape index (κ1) is 32.8. The van der Waals surface area contributed by atoms with Gasteiger partial charge in [0.15, 0.2) is 0 Å². The van der Waals surface area contributed by atoms with Gasteiger partial charge < -0.3 is 20.3 Å². The normalized spacial score (nSPS) is 14.6. The Morgan fingerprint density at radius 1 is 1.02 bits per heavy atom. The molecule has 1 amide bonds. The van der Waals surface area contributed by atoms with Gasteiger partial charge in [0.25, 0.3) is 0 Å². The summed E-state index contributed by atoms with van der Waals surface area (Å²) in [5.74, 6) is 0.919. The lowest BCUT2D eigenvalue weighted by atomic mass is 10.0. The maximum Gasteiger partial charge on any atom is 0.416 e. The fourth-order valence-electron chi connectivity index (χ4n) is 5.28. The van der Waals surface area contributed by atoms with Gasteiger partial charge in [-0.2, -0.15) is 13.2 Å². The molecule has 2 aromatic carbocycles. The molecular weight excluding hydrogens is 573 g/mol. The molecule has 10 heteroatoms. The molecular formula is C33H43F3N4O2S. The molecule has 4 rings (SSSR count). The molecule has 1 saturated heterocycles. The van der Waals surface area contributed by atoms with E-state index < -0.39 is 17.3 Å². The summed E-state index contributed by atoms with van der Waals surface area (Å²) in [7, 11) is 0. The van der Waals surface area contributed by atoms with E-state index in [0.29, 0.717) is 5.52 Å². The number of rotatable bonds is 11. The van der Waals surface area contributed by atoms with Gasteiger partial charge in [-0.25, -0.2) is 4.79 Å². The minimum Gasteiger partial charge on any atom is -0.444 e. The van der Waals surface area contributed by atoms with Crippen molar-refractivity contribution < 1.29 is 22.7 Å². The molecule has 0 unspecified atom stereocenters. The molecule has 1 aliphatic rings. The fraction of sp³-hybridized carbons (Fsp3) is 0.515. The number of carbonyl (C=O) groups is 1. The molecule has 43 heavy (non-hydrogen) atoms. The summed E-state index contributed by atoms with van der Waals surface area (Å²) in [6.07, 6.45) is 2.99. The van der Waals surface area contributed by atoms with Crippen molar-refractivity contribution in [3.8, 4) is 0 Å². The Balaban J connectivity index is 1.12. The molecule has 0 radical (unpaired) electrons. The standard InChI is InChI=1S/C33H43F3N4O2S/c1-23-21-26(10-12-29(23)40-18-14-25(15-19-40)39-31(41)42-32(2,3)4)37-16-7-5-6-8-20-43-30-13-17-38-28-22-24(33(34,35)36)9-11-27(28)30/h9-13,17,21-22,25,37H,5-8,14-16,18-20H2,1-4H3,(H,39,41). The van der Waals surface area contributed by atoms with Crippen molar-refractivity contribution >= 4 is 40.1 Å². The number of piperidine rings is 1. The maximum absolute atomic E-state index is 13.0. The number of aromatic nitrogens is 1. The van der Waals surface area contributed by atoms with Gasteiger partial charge in [0.1, 0.15) is 5.60 Å². The zero-order valence-corrected chi connectivity index (χ0v) is 26.3. The van der Waals surface area contributed by atoms with E-state index in [1.54, 1.807) is 18.0 Å². The number of pyridine rings is 1. The van der Waals surface area contributed by atoms with E-state index in [1.165, 1.54) is 17.3 Å². The molecule has 0 aliphatic carbocycles. The van der Waals surface area contributed by atoms with Crippen LogP contribution in [0.25, 0.3) is 10.9 Å². The Hall–Kier alpha value is -3.14. The van der Waals surface area contributed by atoms with Crippen molar-refractivity contribution in [1.82, 2.24) is 10.3 Å². The highest BCUT2D eigenvalue weighted by molar-refractivity contribution is 7.99. The topological polar surface area (TPSA) is 66.5 Å². The Morgan fingerprint density at radius 2 is 1.77 bits per heavy atom. The Morgan fingerprint density at radius 3 is 2.47 bits per heavy atom. The highest BCUT2D eigenvalue weighted by atomic mass is 32.2. The maximum atomic E-state index is 13.0. The van der Waals surface area contributed by atoms with E-state index in [-0.39, 0.29) is 12.1 Å². The Labute approximate surface area is 257 Å². The van der Waals surface area contributed by atoms with Gasteiger partial charge in [-0.1, -0.05) is 18.9 Å². The molecule has 0 spiro atoms. The van der Waals surface area contributed by atoms with Crippen molar-refractivity contribution in [3.63, 3.8) is 0 Å². The second kappa shape index (κ2) is 14.6. The number of carbonyl (C=O) groups excluding carboxylic acids is 1. The van der Waals surface area contributed by atoms with E-state index in [1.807, 2.05) is 26.8 Å². The summed E-state index contributed by atoms with van der Waals surface area (Å²) in [6, 6.07) is 12.3. The number of alkyl carbamates (subject to hydrolysis) is 1. The predicted molar refractivity (Wildman–Crippen MR) is 170 cm³/mol. The number of halogens is 3. The third-order valence-corrected chi connectivity index (χ3v) is 8.60. The van der Waals surface area contributed by atoms with Gasteiger partial charge in [0.2, 0.25) is 0 Å². The van der Waals surface area contributed by atoms with E-state index in [9.17, 15) is 18.0 Å². The summed E-state index contributed by atoms with van der Waals surface area (Å²) in [5.41, 5.74) is 2.82. The summed E-state index contributed by atoms with van der Waals surface area (Å²) in [6.45, 7) is 10.4. The number of hydrogen-bond acceptors (Lipinski definition) is 6. The van der Waals surface area contributed by atoms with Crippen LogP contribution in [-0.4, -0.2) is 48.1 Å².